The number of fused-ring (bicyclic) bond motifs is 2. The molecule has 9 heteroatoms. The van der Waals surface area contributed by atoms with E-state index in [-0.39, 0.29) is 36.1 Å². The Morgan fingerprint density at radius 3 is 2.32 bits per heavy atom. The topological polar surface area (TPSA) is 83.6 Å². The first-order chi connectivity index (χ1) is 18.4. The van der Waals surface area contributed by atoms with Gasteiger partial charge in [0.1, 0.15) is 23.2 Å². The zero-order valence-electron chi connectivity index (χ0n) is 21.3. The van der Waals surface area contributed by atoms with Crippen molar-refractivity contribution < 1.29 is 23.1 Å². The molecule has 1 aromatic heterocycles. The number of carbonyl (C=O) groups is 2. The Labute approximate surface area is 220 Å². The second-order valence-electron chi connectivity index (χ2n) is 9.85. The van der Waals surface area contributed by atoms with Gasteiger partial charge in [-0.1, -0.05) is 12.1 Å². The number of amides is 2. The molecular formula is C29H30F2N4O3. The maximum Gasteiger partial charge on any atom is 0.253 e. The molecule has 5 rings (SSSR count). The smallest absolute Gasteiger partial charge is 0.253 e. The quantitative estimate of drug-likeness (QED) is 0.478. The predicted octanol–water partition coefficient (Wildman–Crippen LogP) is 4.54. The van der Waals surface area contributed by atoms with E-state index < -0.39 is 17.5 Å². The van der Waals surface area contributed by atoms with Gasteiger partial charge in [0.15, 0.2) is 0 Å². The fourth-order valence-electron chi connectivity index (χ4n) is 5.66. The molecule has 3 atom stereocenters. The van der Waals surface area contributed by atoms with Crippen molar-refractivity contribution in [2.45, 2.75) is 57.3 Å². The van der Waals surface area contributed by atoms with E-state index in [0.29, 0.717) is 16.9 Å². The fourth-order valence-corrected chi connectivity index (χ4v) is 5.66. The number of ether oxygens (including phenoxy) is 1. The Balaban J connectivity index is 1.20. The summed E-state index contributed by atoms with van der Waals surface area (Å²) in [5, 5.41) is 5.77. The molecule has 2 bridgehead atoms. The zero-order chi connectivity index (χ0) is 26.8. The van der Waals surface area contributed by atoms with Crippen LogP contribution in [0.3, 0.4) is 0 Å². The van der Waals surface area contributed by atoms with Crippen molar-refractivity contribution in [3.63, 3.8) is 0 Å². The van der Waals surface area contributed by atoms with Crippen molar-refractivity contribution in [2.75, 3.05) is 12.0 Å². The minimum atomic E-state index is -0.701. The van der Waals surface area contributed by atoms with Crippen LogP contribution in [0.4, 0.5) is 14.6 Å². The first-order valence-electron chi connectivity index (χ1n) is 12.8. The Morgan fingerprint density at radius 1 is 1.00 bits per heavy atom. The highest BCUT2D eigenvalue weighted by molar-refractivity contribution is 5.96. The lowest BCUT2D eigenvalue weighted by atomic mass is 9.96. The zero-order valence-corrected chi connectivity index (χ0v) is 21.3. The third kappa shape index (κ3) is 5.05. The number of carbonyl (C=O) groups excluding carboxylic acids is 2. The van der Waals surface area contributed by atoms with Crippen molar-refractivity contribution in [1.29, 1.82) is 0 Å². The van der Waals surface area contributed by atoms with Gasteiger partial charge in [-0.25, -0.2) is 13.8 Å². The van der Waals surface area contributed by atoms with Crippen molar-refractivity contribution in [1.82, 2.24) is 15.6 Å². The largest absolute Gasteiger partial charge is 0.496 e. The van der Waals surface area contributed by atoms with Crippen molar-refractivity contribution in [3.05, 3.63) is 88.6 Å². The number of nitrogens with zero attached hydrogens (tertiary/aromatic N) is 2. The molecule has 2 N–H and O–H groups in total. The standard InChI is InChI=1S/C29H30F2N4O3/c1-17-22(5-3-8-26(17)38-2)29(37)34-19-13-20-10-11-21(14-19)35(20)27-12-9-18(15-32-27)28(36)33-16-23-24(30)6-4-7-25(23)31/h3-9,12,15,19-21H,10-11,13-14,16H2,1-2H3,(H,33,36)(H,34,37)/t19?,20-,21+. The highest BCUT2D eigenvalue weighted by atomic mass is 19.1. The molecular weight excluding hydrogens is 490 g/mol. The molecule has 7 nitrogen and oxygen atoms in total. The molecule has 0 aliphatic carbocycles. The van der Waals surface area contributed by atoms with Crippen LogP contribution in [0.1, 0.15) is 57.5 Å². The molecule has 3 aromatic rings. The van der Waals surface area contributed by atoms with Gasteiger partial charge < -0.3 is 20.3 Å². The molecule has 1 unspecified atom stereocenters. The number of hydrogen-bond acceptors (Lipinski definition) is 5. The monoisotopic (exact) mass is 520 g/mol. The van der Waals surface area contributed by atoms with Gasteiger partial charge in [-0.15, -0.1) is 0 Å². The Hall–Kier alpha value is -4.01. The summed E-state index contributed by atoms with van der Waals surface area (Å²) in [5.41, 5.74) is 1.57. The van der Waals surface area contributed by atoms with Gasteiger partial charge in [0.05, 0.1) is 12.7 Å². The van der Waals surface area contributed by atoms with E-state index in [1.165, 1.54) is 12.3 Å². The van der Waals surface area contributed by atoms with E-state index in [1.54, 1.807) is 13.2 Å². The third-order valence-corrected chi connectivity index (χ3v) is 7.58. The van der Waals surface area contributed by atoms with Crippen LogP contribution in [-0.4, -0.2) is 42.0 Å². The molecule has 0 radical (unpaired) electrons. The summed E-state index contributed by atoms with van der Waals surface area (Å²) in [4.78, 5) is 32.4. The van der Waals surface area contributed by atoms with Crippen LogP contribution in [0.5, 0.6) is 5.75 Å². The first-order valence-corrected chi connectivity index (χ1v) is 12.8. The molecule has 2 aliphatic heterocycles. The number of benzene rings is 2. The maximum absolute atomic E-state index is 13.8. The second-order valence-corrected chi connectivity index (χ2v) is 9.85. The summed E-state index contributed by atoms with van der Waals surface area (Å²) in [7, 11) is 1.59. The summed E-state index contributed by atoms with van der Waals surface area (Å²) in [5.74, 6) is -0.482. The number of aromatic nitrogens is 1. The van der Waals surface area contributed by atoms with E-state index in [4.69, 9.17) is 4.74 Å². The SMILES string of the molecule is COc1cccc(C(=O)NC2C[C@H]3CC[C@@H](C2)N3c2ccc(C(=O)NCc3c(F)cccc3F)cn2)c1C. The van der Waals surface area contributed by atoms with Gasteiger partial charge in [0, 0.05) is 47.6 Å². The van der Waals surface area contributed by atoms with Crippen LogP contribution in [0.25, 0.3) is 0 Å². The Morgan fingerprint density at radius 2 is 1.68 bits per heavy atom. The molecule has 2 amide bonds. The fraction of sp³-hybridized carbons (Fsp3) is 0.345. The van der Waals surface area contributed by atoms with E-state index in [9.17, 15) is 18.4 Å². The van der Waals surface area contributed by atoms with Crippen molar-refractivity contribution in [2.24, 2.45) is 0 Å². The maximum atomic E-state index is 13.8. The Bertz CT molecular complexity index is 1310. The van der Waals surface area contributed by atoms with Crippen LogP contribution in [0, 0.1) is 18.6 Å². The average Bonchev–Trinajstić information content (AvgIpc) is 3.18. The van der Waals surface area contributed by atoms with Crippen LogP contribution >= 0.6 is 0 Å². The van der Waals surface area contributed by atoms with E-state index >= 15 is 0 Å². The summed E-state index contributed by atoms with van der Waals surface area (Å²) < 4.78 is 33.0. The average molecular weight is 521 g/mol. The molecule has 38 heavy (non-hydrogen) atoms. The molecule has 0 saturated carbocycles. The predicted molar refractivity (Wildman–Crippen MR) is 139 cm³/mol. The second kappa shape index (κ2) is 10.8. The lowest BCUT2D eigenvalue weighted by Gasteiger charge is -2.40. The van der Waals surface area contributed by atoms with Gasteiger partial charge in [0.25, 0.3) is 11.8 Å². The van der Waals surface area contributed by atoms with Crippen LogP contribution in [-0.2, 0) is 6.54 Å². The van der Waals surface area contributed by atoms with Crippen LogP contribution < -0.4 is 20.3 Å². The number of methoxy groups -OCH3 is 1. The first kappa shape index (κ1) is 25.6. The summed E-state index contributed by atoms with van der Waals surface area (Å²) in [6.07, 6.45) is 5.12. The van der Waals surface area contributed by atoms with E-state index in [2.05, 4.69) is 20.5 Å². The molecule has 0 spiro atoms. The minimum absolute atomic E-state index is 0.0608. The Kier molecular flexibility index (Phi) is 7.26. The van der Waals surface area contributed by atoms with Crippen LogP contribution in [0.2, 0.25) is 0 Å². The molecule has 2 fully saturated rings. The van der Waals surface area contributed by atoms with Crippen molar-refractivity contribution >= 4 is 17.6 Å². The van der Waals surface area contributed by atoms with Gasteiger partial charge in [0.2, 0.25) is 0 Å². The number of pyridine rings is 1. The molecule has 2 aliphatic rings. The third-order valence-electron chi connectivity index (χ3n) is 7.58. The number of hydrogen-bond donors (Lipinski definition) is 2. The highest BCUT2D eigenvalue weighted by Gasteiger charge is 2.42. The summed E-state index contributed by atoms with van der Waals surface area (Å²) in [6.45, 7) is 1.63. The van der Waals surface area contributed by atoms with Gasteiger partial charge in [-0.2, -0.15) is 0 Å². The molecule has 2 saturated heterocycles. The number of piperidine rings is 1. The lowest BCUT2D eigenvalue weighted by molar-refractivity contribution is 0.0923. The molecule has 3 heterocycles. The van der Waals surface area contributed by atoms with Gasteiger partial charge >= 0.3 is 0 Å². The van der Waals surface area contributed by atoms with Crippen LogP contribution in [0.15, 0.2) is 54.7 Å². The van der Waals surface area contributed by atoms with Gasteiger partial charge in [-0.05, 0) is 69.0 Å². The van der Waals surface area contributed by atoms with Crippen molar-refractivity contribution in [3.8, 4) is 5.75 Å². The lowest BCUT2D eigenvalue weighted by Crippen LogP contribution is -2.50. The number of halogens is 2. The number of anilines is 1. The van der Waals surface area contributed by atoms with E-state index in [0.717, 1.165) is 49.2 Å². The summed E-state index contributed by atoms with van der Waals surface area (Å²) in [6, 6.07) is 13.1. The number of rotatable bonds is 7. The van der Waals surface area contributed by atoms with Gasteiger partial charge in [-0.3, -0.25) is 9.59 Å². The van der Waals surface area contributed by atoms with E-state index in [1.807, 2.05) is 31.2 Å². The normalized spacial score (nSPS) is 20.2. The summed E-state index contributed by atoms with van der Waals surface area (Å²) >= 11 is 0. The minimum Gasteiger partial charge on any atom is -0.496 e. The highest BCUT2D eigenvalue weighted by Crippen LogP contribution is 2.38. The molecule has 198 valence electrons. The molecule has 2 aromatic carbocycles. The number of nitrogens with one attached hydrogen (secondary N) is 2.